The van der Waals surface area contributed by atoms with Crippen molar-refractivity contribution < 1.29 is 27.4 Å². The van der Waals surface area contributed by atoms with E-state index in [-0.39, 0.29) is 23.8 Å². The van der Waals surface area contributed by atoms with Gasteiger partial charge in [-0.1, -0.05) is 0 Å². The Morgan fingerprint density at radius 3 is 2.52 bits per heavy atom. The highest BCUT2D eigenvalue weighted by Crippen LogP contribution is 2.14. The van der Waals surface area contributed by atoms with Crippen molar-refractivity contribution in [1.29, 1.82) is 0 Å². The van der Waals surface area contributed by atoms with Gasteiger partial charge in [0, 0.05) is 19.9 Å². The summed E-state index contributed by atoms with van der Waals surface area (Å²) >= 11 is 0. The number of rotatable bonds is 9. The molecule has 0 saturated carbocycles. The SMILES string of the molecule is CCn1cc(S(N)(=O)=O)cc1C(=O)OCCOCCOC. The van der Waals surface area contributed by atoms with Crippen LogP contribution in [0.3, 0.4) is 0 Å². The maximum atomic E-state index is 11.9. The molecule has 21 heavy (non-hydrogen) atoms. The zero-order valence-corrected chi connectivity index (χ0v) is 12.9. The lowest BCUT2D eigenvalue weighted by Gasteiger charge is -2.07. The lowest BCUT2D eigenvalue weighted by Crippen LogP contribution is -2.15. The largest absolute Gasteiger partial charge is 0.459 e. The van der Waals surface area contributed by atoms with E-state index in [0.29, 0.717) is 19.8 Å². The standard InChI is InChI=1S/C12H20N2O6S/c1-3-14-9-10(21(13,16)17)8-11(14)12(15)20-7-6-19-5-4-18-2/h8-9H,3-7H2,1-2H3,(H2,13,16,17). The third-order valence-corrected chi connectivity index (χ3v) is 3.52. The predicted octanol–water partition coefficient (Wildman–Crippen LogP) is -0.0248. The smallest absolute Gasteiger partial charge is 0.355 e. The fourth-order valence-corrected chi connectivity index (χ4v) is 2.13. The average Bonchev–Trinajstić information content (AvgIpc) is 2.86. The van der Waals surface area contributed by atoms with Crippen molar-refractivity contribution in [2.75, 3.05) is 33.5 Å². The monoisotopic (exact) mass is 320 g/mol. The molecule has 1 aromatic heterocycles. The summed E-state index contributed by atoms with van der Waals surface area (Å²) < 4.78 is 39.0. The molecule has 120 valence electrons. The first-order valence-electron chi connectivity index (χ1n) is 6.37. The van der Waals surface area contributed by atoms with Crippen molar-refractivity contribution in [2.45, 2.75) is 18.4 Å². The molecular weight excluding hydrogens is 300 g/mol. The van der Waals surface area contributed by atoms with Crippen molar-refractivity contribution in [3.8, 4) is 0 Å². The van der Waals surface area contributed by atoms with Crippen LogP contribution < -0.4 is 5.14 Å². The summed E-state index contributed by atoms with van der Waals surface area (Å²) in [4.78, 5) is 11.8. The molecule has 0 bridgehead atoms. The van der Waals surface area contributed by atoms with Gasteiger partial charge in [0.25, 0.3) is 0 Å². The third-order valence-electron chi connectivity index (χ3n) is 2.64. The van der Waals surface area contributed by atoms with Gasteiger partial charge in [-0.3, -0.25) is 0 Å². The van der Waals surface area contributed by atoms with Crippen LogP contribution in [0.2, 0.25) is 0 Å². The van der Waals surface area contributed by atoms with Gasteiger partial charge >= 0.3 is 5.97 Å². The molecule has 0 amide bonds. The van der Waals surface area contributed by atoms with Crippen LogP contribution in [0, 0.1) is 0 Å². The number of aromatic nitrogens is 1. The second-order valence-electron chi connectivity index (χ2n) is 4.13. The van der Waals surface area contributed by atoms with Gasteiger partial charge < -0.3 is 18.8 Å². The van der Waals surface area contributed by atoms with Crippen LogP contribution in [0.5, 0.6) is 0 Å². The molecule has 0 aliphatic rings. The summed E-state index contributed by atoms with van der Waals surface area (Å²) in [6, 6.07) is 1.20. The first-order valence-corrected chi connectivity index (χ1v) is 7.91. The molecule has 1 rings (SSSR count). The van der Waals surface area contributed by atoms with Gasteiger partial charge in [-0.15, -0.1) is 0 Å². The minimum Gasteiger partial charge on any atom is -0.459 e. The quantitative estimate of drug-likeness (QED) is 0.505. The summed E-state index contributed by atoms with van der Waals surface area (Å²) in [6.07, 6.45) is 1.31. The van der Waals surface area contributed by atoms with Crippen molar-refractivity contribution in [2.24, 2.45) is 5.14 Å². The van der Waals surface area contributed by atoms with E-state index in [1.165, 1.54) is 16.8 Å². The molecule has 2 N–H and O–H groups in total. The molecule has 0 aromatic carbocycles. The second kappa shape index (κ2) is 8.13. The van der Waals surface area contributed by atoms with E-state index in [4.69, 9.17) is 19.3 Å². The van der Waals surface area contributed by atoms with Crippen LogP contribution >= 0.6 is 0 Å². The minimum atomic E-state index is -3.85. The number of methoxy groups -OCH3 is 1. The van der Waals surface area contributed by atoms with Crippen LogP contribution in [0.15, 0.2) is 17.2 Å². The summed E-state index contributed by atoms with van der Waals surface area (Å²) in [7, 11) is -2.29. The summed E-state index contributed by atoms with van der Waals surface area (Å²) in [5.41, 5.74) is 0.137. The number of esters is 1. The molecule has 0 radical (unpaired) electrons. The predicted molar refractivity (Wildman–Crippen MR) is 74.5 cm³/mol. The number of hydrogen-bond donors (Lipinski definition) is 1. The summed E-state index contributed by atoms with van der Waals surface area (Å²) in [5, 5.41) is 5.04. The Hall–Kier alpha value is -1.42. The Balaban J connectivity index is 2.59. The molecule has 8 nitrogen and oxygen atoms in total. The number of aryl methyl sites for hydroxylation is 1. The number of ether oxygens (including phenoxy) is 3. The van der Waals surface area contributed by atoms with Crippen LogP contribution in [0.25, 0.3) is 0 Å². The Bertz CT molecular complexity index is 566. The molecule has 9 heteroatoms. The Kier molecular flexibility index (Phi) is 6.82. The van der Waals surface area contributed by atoms with Gasteiger partial charge in [-0.25, -0.2) is 18.4 Å². The number of sulfonamides is 1. The fourth-order valence-electron chi connectivity index (χ4n) is 1.58. The van der Waals surface area contributed by atoms with Crippen molar-refractivity contribution in [1.82, 2.24) is 4.57 Å². The highest BCUT2D eigenvalue weighted by molar-refractivity contribution is 7.89. The molecule has 1 heterocycles. The van der Waals surface area contributed by atoms with E-state index < -0.39 is 16.0 Å². The number of primary sulfonamides is 1. The van der Waals surface area contributed by atoms with E-state index in [9.17, 15) is 13.2 Å². The molecular formula is C12H20N2O6S. The molecule has 0 atom stereocenters. The lowest BCUT2D eigenvalue weighted by atomic mass is 10.4. The van der Waals surface area contributed by atoms with Gasteiger partial charge in [-0.2, -0.15) is 0 Å². The summed E-state index contributed by atoms with van der Waals surface area (Å²) in [5.74, 6) is -0.623. The zero-order chi connectivity index (χ0) is 15.9. The average molecular weight is 320 g/mol. The molecule has 0 unspecified atom stereocenters. The van der Waals surface area contributed by atoms with E-state index in [1.54, 1.807) is 14.0 Å². The highest BCUT2D eigenvalue weighted by atomic mass is 32.2. The Morgan fingerprint density at radius 1 is 1.29 bits per heavy atom. The number of nitrogens with zero attached hydrogens (tertiary/aromatic N) is 1. The third kappa shape index (κ3) is 5.46. The van der Waals surface area contributed by atoms with Gasteiger partial charge in [0.2, 0.25) is 10.0 Å². The van der Waals surface area contributed by atoms with E-state index in [1.807, 2.05) is 0 Å². The van der Waals surface area contributed by atoms with Crippen LogP contribution in [0.1, 0.15) is 17.4 Å². The number of nitrogens with two attached hydrogens (primary N) is 1. The number of carbonyl (C=O) groups excluding carboxylic acids is 1. The van der Waals surface area contributed by atoms with Crippen LogP contribution in [-0.2, 0) is 30.8 Å². The zero-order valence-electron chi connectivity index (χ0n) is 12.1. The van der Waals surface area contributed by atoms with Crippen molar-refractivity contribution in [3.63, 3.8) is 0 Å². The summed E-state index contributed by atoms with van der Waals surface area (Å²) in [6.45, 7) is 3.38. The Labute approximate surface area is 123 Å². The topological polar surface area (TPSA) is 110 Å². The van der Waals surface area contributed by atoms with E-state index in [0.717, 1.165) is 0 Å². The Morgan fingerprint density at radius 2 is 1.95 bits per heavy atom. The van der Waals surface area contributed by atoms with Gasteiger partial charge in [0.1, 0.15) is 17.2 Å². The molecule has 0 saturated heterocycles. The van der Waals surface area contributed by atoms with E-state index >= 15 is 0 Å². The molecule has 0 fully saturated rings. The normalized spacial score (nSPS) is 11.6. The van der Waals surface area contributed by atoms with E-state index in [2.05, 4.69) is 0 Å². The number of hydrogen-bond acceptors (Lipinski definition) is 6. The maximum Gasteiger partial charge on any atom is 0.355 e. The lowest BCUT2D eigenvalue weighted by molar-refractivity contribution is 0.0206. The minimum absolute atomic E-state index is 0.0716. The van der Waals surface area contributed by atoms with Crippen molar-refractivity contribution in [3.05, 3.63) is 18.0 Å². The van der Waals surface area contributed by atoms with Gasteiger partial charge in [0.15, 0.2) is 0 Å². The second-order valence-corrected chi connectivity index (χ2v) is 5.69. The first-order chi connectivity index (χ1) is 9.90. The van der Waals surface area contributed by atoms with Gasteiger partial charge in [0.05, 0.1) is 19.8 Å². The highest BCUT2D eigenvalue weighted by Gasteiger charge is 2.19. The molecule has 0 aliphatic heterocycles. The van der Waals surface area contributed by atoms with Gasteiger partial charge in [-0.05, 0) is 13.0 Å². The number of carbonyl (C=O) groups is 1. The van der Waals surface area contributed by atoms with Crippen LogP contribution in [0.4, 0.5) is 0 Å². The molecule has 1 aromatic rings. The maximum absolute atomic E-state index is 11.9. The fraction of sp³-hybridized carbons (Fsp3) is 0.583. The van der Waals surface area contributed by atoms with Crippen molar-refractivity contribution >= 4 is 16.0 Å². The molecule has 0 spiro atoms. The van der Waals surface area contributed by atoms with Crippen LogP contribution in [-0.4, -0.2) is 52.5 Å². The first kappa shape index (κ1) is 17.6. The molecule has 0 aliphatic carbocycles.